The third-order valence-corrected chi connectivity index (χ3v) is 5.48. The van der Waals surface area contributed by atoms with Gasteiger partial charge in [0.25, 0.3) is 0 Å². The Kier molecular flexibility index (Phi) is 7.21. The lowest BCUT2D eigenvalue weighted by Crippen LogP contribution is -2.21. The van der Waals surface area contributed by atoms with Crippen molar-refractivity contribution >= 4 is 23.3 Å². The normalized spacial score (nSPS) is 14.7. The van der Waals surface area contributed by atoms with Crippen LogP contribution in [-0.4, -0.2) is 36.6 Å². The van der Waals surface area contributed by atoms with Gasteiger partial charge >= 0.3 is 0 Å². The van der Waals surface area contributed by atoms with Crippen LogP contribution < -0.4 is 14.8 Å². The molecule has 0 fully saturated rings. The van der Waals surface area contributed by atoms with Crippen molar-refractivity contribution in [1.82, 2.24) is 4.98 Å². The van der Waals surface area contributed by atoms with Gasteiger partial charge in [-0.2, -0.15) is 0 Å². The monoisotopic (exact) mass is 412 g/mol. The van der Waals surface area contributed by atoms with E-state index in [-0.39, 0.29) is 0 Å². The van der Waals surface area contributed by atoms with E-state index in [2.05, 4.69) is 23.3 Å². The van der Waals surface area contributed by atoms with Gasteiger partial charge < -0.3 is 19.9 Å². The number of aromatic nitrogens is 1. The number of aliphatic hydroxyl groups excluding tert-OH is 1. The van der Waals surface area contributed by atoms with Gasteiger partial charge in [0.15, 0.2) is 11.3 Å². The van der Waals surface area contributed by atoms with E-state index in [4.69, 9.17) is 14.6 Å². The first-order valence-electron chi connectivity index (χ1n) is 9.32. The van der Waals surface area contributed by atoms with E-state index in [0.717, 1.165) is 47.6 Å². The number of benzene rings is 1. The highest BCUT2D eigenvalue weighted by molar-refractivity contribution is 7.13. The van der Waals surface area contributed by atoms with Crippen LogP contribution in [0.2, 0.25) is 0 Å². The number of fused-ring (bicyclic) bond motifs is 1. The molecular formula is C22H24N2O4S. The molecule has 2 N–H and O–H groups in total. The Morgan fingerprint density at radius 2 is 2.17 bits per heavy atom. The Hall–Kier alpha value is -2.90. The number of ether oxygens (including phenoxy) is 2. The zero-order valence-corrected chi connectivity index (χ0v) is 17.2. The first-order valence-corrected chi connectivity index (χ1v) is 10.1. The fourth-order valence-corrected chi connectivity index (χ4v) is 3.92. The molecule has 4 rings (SSSR count). The number of carbonyl (C=O) groups excluding carboxylic acids is 1. The van der Waals surface area contributed by atoms with Crippen LogP contribution in [0.5, 0.6) is 16.6 Å². The minimum Gasteiger partial charge on any atom is -0.493 e. The van der Waals surface area contributed by atoms with Crippen molar-refractivity contribution in [2.45, 2.75) is 19.3 Å². The standard InChI is InChI=1S/C21H20N2O3S.CH4O/c1-14-2-5-21(27-14)26-17-3-4-18-15(7-9-25-20(18)10-17)11-23-19-12-22-8-6-16(19)13-24;1-2/h2-6,8,10,12-13,15,23H,7,9,11H2,1H3;2H,1H3. The maximum Gasteiger partial charge on any atom is 0.181 e. The predicted molar refractivity (Wildman–Crippen MR) is 115 cm³/mol. The van der Waals surface area contributed by atoms with Gasteiger partial charge in [0.2, 0.25) is 0 Å². The lowest BCUT2D eigenvalue weighted by atomic mass is 9.93. The van der Waals surface area contributed by atoms with Crippen LogP contribution in [0.15, 0.2) is 48.8 Å². The number of pyridine rings is 1. The number of hydrogen-bond donors (Lipinski definition) is 2. The van der Waals surface area contributed by atoms with Gasteiger partial charge in [-0.25, -0.2) is 0 Å². The van der Waals surface area contributed by atoms with Crippen LogP contribution in [0.25, 0.3) is 0 Å². The third-order valence-electron chi connectivity index (χ3n) is 4.60. The number of nitrogens with one attached hydrogen (secondary N) is 1. The maximum absolute atomic E-state index is 11.2. The van der Waals surface area contributed by atoms with Gasteiger partial charge in [-0.15, -0.1) is 11.3 Å². The van der Waals surface area contributed by atoms with E-state index in [1.165, 1.54) is 4.88 Å². The summed E-state index contributed by atoms with van der Waals surface area (Å²) in [5.41, 5.74) is 2.53. The first-order chi connectivity index (χ1) is 14.2. The summed E-state index contributed by atoms with van der Waals surface area (Å²) < 4.78 is 11.8. The lowest BCUT2D eigenvalue weighted by Gasteiger charge is -2.27. The molecule has 0 saturated heterocycles. The van der Waals surface area contributed by atoms with Crippen molar-refractivity contribution in [3.05, 3.63) is 64.8 Å². The Balaban J connectivity index is 0.00000117. The van der Waals surface area contributed by atoms with E-state index in [1.807, 2.05) is 24.3 Å². The molecule has 0 amide bonds. The molecule has 0 radical (unpaired) electrons. The Bertz CT molecular complexity index is 957. The summed E-state index contributed by atoms with van der Waals surface area (Å²) in [5.74, 6) is 1.94. The molecule has 1 unspecified atom stereocenters. The van der Waals surface area contributed by atoms with Crippen molar-refractivity contribution in [1.29, 1.82) is 0 Å². The summed E-state index contributed by atoms with van der Waals surface area (Å²) >= 11 is 1.62. The number of aliphatic hydroxyl groups is 1. The zero-order chi connectivity index (χ0) is 20.6. The molecule has 1 atom stereocenters. The molecule has 7 heteroatoms. The molecule has 2 aromatic heterocycles. The summed E-state index contributed by atoms with van der Waals surface area (Å²) in [6.45, 7) is 3.44. The molecule has 1 aromatic carbocycles. The fourth-order valence-electron chi connectivity index (χ4n) is 3.19. The minimum absolute atomic E-state index is 0.298. The summed E-state index contributed by atoms with van der Waals surface area (Å²) in [7, 11) is 1.00. The largest absolute Gasteiger partial charge is 0.493 e. The molecule has 3 aromatic rings. The number of carbonyl (C=O) groups is 1. The van der Waals surface area contributed by atoms with Crippen molar-refractivity contribution in [2.75, 3.05) is 25.6 Å². The quantitative estimate of drug-likeness (QED) is 0.574. The highest BCUT2D eigenvalue weighted by Gasteiger charge is 2.22. The highest BCUT2D eigenvalue weighted by Crippen LogP contribution is 2.38. The molecule has 152 valence electrons. The van der Waals surface area contributed by atoms with Crippen molar-refractivity contribution < 1.29 is 19.4 Å². The van der Waals surface area contributed by atoms with Gasteiger partial charge in [0.1, 0.15) is 11.5 Å². The summed E-state index contributed by atoms with van der Waals surface area (Å²) in [5, 5.41) is 11.2. The molecule has 3 heterocycles. The first kappa shape index (κ1) is 20.8. The topological polar surface area (TPSA) is 80.7 Å². The fraction of sp³-hybridized carbons (Fsp3) is 0.273. The number of rotatable bonds is 6. The second-order valence-electron chi connectivity index (χ2n) is 6.46. The molecule has 1 aliphatic heterocycles. The molecule has 0 bridgehead atoms. The maximum atomic E-state index is 11.2. The summed E-state index contributed by atoms with van der Waals surface area (Å²) in [6, 6.07) is 11.7. The van der Waals surface area contributed by atoms with Gasteiger partial charge in [-0.1, -0.05) is 6.07 Å². The molecule has 0 aliphatic carbocycles. The van der Waals surface area contributed by atoms with Crippen LogP contribution in [-0.2, 0) is 0 Å². The van der Waals surface area contributed by atoms with Crippen LogP contribution in [0.4, 0.5) is 5.69 Å². The van der Waals surface area contributed by atoms with E-state index in [1.54, 1.807) is 29.8 Å². The smallest absolute Gasteiger partial charge is 0.181 e. The van der Waals surface area contributed by atoms with Crippen LogP contribution in [0, 0.1) is 6.92 Å². The van der Waals surface area contributed by atoms with Crippen molar-refractivity contribution in [3.63, 3.8) is 0 Å². The predicted octanol–water partition coefficient (Wildman–Crippen LogP) is 4.64. The summed E-state index contributed by atoms with van der Waals surface area (Å²) in [6.07, 6.45) is 5.07. The molecule has 1 aliphatic rings. The zero-order valence-electron chi connectivity index (χ0n) is 16.4. The lowest BCUT2D eigenvalue weighted by molar-refractivity contribution is 0.112. The van der Waals surface area contributed by atoms with Gasteiger partial charge in [-0.05, 0) is 43.2 Å². The van der Waals surface area contributed by atoms with Crippen LogP contribution >= 0.6 is 11.3 Å². The minimum atomic E-state index is 0.298. The summed E-state index contributed by atoms with van der Waals surface area (Å²) in [4.78, 5) is 16.5. The highest BCUT2D eigenvalue weighted by atomic mass is 32.1. The molecule has 6 nitrogen and oxygen atoms in total. The van der Waals surface area contributed by atoms with Crippen LogP contribution in [0.3, 0.4) is 0 Å². The van der Waals surface area contributed by atoms with E-state index < -0.39 is 0 Å². The Morgan fingerprint density at radius 1 is 1.31 bits per heavy atom. The Labute approximate surface area is 174 Å². The van der Waals surface area contributed by atoms with Gasteiger partial charge in [0, 0.05) is 42.3 Å². The average molecular weight is 413 g/mol. The number of hydrogen-bond acceptors (Lipinski definition) is 7. The van der Waals surface area contributed by atoms with E-state index in [0.29, 0.717) is 24.6 Å². The molecule has 0 spiro atoms. The van der Waals surface area contributed by atoms with E-state index >= 15 is 0 Å². The molecular weight excluding hydrogens is 388 g/mol. The molecule has 0 saturated carbocycles. The number of aldehydes is 1. The third kappa shape index (κ3) is 5.13. The van der Waals surface area contributed by atoms with Crippen LogP contribution in [0.1, 0.15) is 33.1 Å². The number of aryl methyl sites for hydroxylation is 1. The second kappa shape index (κ2) is 10.0. The second-order valence-corrected chi connectivity index (χ2v) is 7.71. The SMILES string of the molecule is CO.Cc1ccc(Oc2ccc3c(c2)OCCC3CNc2cnccc2C=O)s1. The molecule has 29 heavy (non-hydrogen) atoms. The van der Waals surface area contributed by atoms with Gasteiger partial charge in [0.05, 0.1) is 18.5 Å². The Morgan fingerprint density at radius 3 is 2.93 bits per heavy atom. The van der Waals surface area contributed by atoms with Gasteiger partial charge in [-0.3, -0.25) is 9.78 Å². The number of thiophene rings is 1. The van der Waals surface area contributed by atoms with E-state index in [9.17, 15) is 4.79 Å². The average Bonchev–Trinajstić information content (AvgIpc) is 3.18. The van der Waals surface area contributed by atoms with Crippen molar-refractivity contribution in [3.8, 4) is 16.6 Å². The number of anilines is 1. The van der Waals surface area contributed by atoms with Crippen molar-refractivity contribution in [2.24, 2.45) is 0 Å². The number of nitrogens with zero attached hydrogens (tertiary/aromatic N) is 1.